The molecule has 0 amide bonds. The van der Waals surface area contributed by atoms with Gasteiger partial charge in [0.05, 0.1) is 58.0 Å². The largest absolute Gasteiger partial charge is 0.462 e. The summed E-state index contributed by atoms with van der Waals surface area (Å²) in [4.78, 5) is 38.5. The SMILES string of the molecule is CCCCCCC(CCCCCCCCCCC(=O)OCC(COC(=O)CCCCCCCCCCC(CCCCCC)OCCO)OC(=O)CCCCCCCCCCC(CCCCCC)OCCO)OCCO. The summed E-state index contributed by atoms with van der Waals surface area (Å²) in [5, 5.41) is 27.6. The molecule has 446 valence electrons. The van der Waals surface area contributed by atoms with Gasteiger partial charge in [-0.2, -0.15) is 0 Å². The highest BCUT2D eigenvalue weighted by Gasteiger charge is 2.20. The van der Waals surface area contributed by atoms with E-state index in [2.05, 4.69) is 20.8 Å². The molecule has 3 N–H and O–H groups in total. The Balaban J connectivity index is 4.65. The van der Waals surface area contributed by atoms with Crippen LogP contribution in [0.4, 0.5) is 0 Å². The minimum absolute atomic E-state index is 0.0802. The molecule has 0 rings (SSSR count). The summed E-state index contributed by atoms with van der Waals surface area (Å²) in [6.07, 6.45) is 48.1. The van der Waals surface area contributed by atoms with Crippen molar-refractivity contribution in [3.63, 3.8) is 0 Å². The molecule has 0 aliphatic rings. The molecule has 0 saturated heterocycles. The number of unbranched alkanes of at least 4 members (excludes halogenated alkanes) is 30. The van der Waals surface area contributed by atoms with Crippen molar-refractivity contribution >= 4 is 17.9 Å². The van der Waals surface area contributed by atoms with E-state index in [9.17, 15) is 29.7 Å². The van der Waals surface area contributed by atoms with Gasteiger partial charge >= 0.3 is 17.9 Å². The van der Waals surface area contributed by atoms with Gasteiger partial charge in [0.15, 0.2) is 6.10 Å². The van der Waals surface area contributed by atoms with Crippen molar-refractivity contribution < 1.29 is 58.1 Å². The molecule has 12 nitrogen and oxygen atoms in total. The fourth-order valence-electron chi connectivity index (χ4n) is 9.97. The molecule has 0 fully saturated rings. The Morgan fingerprint density at radius 1 is 0.293 bits per heavy atom. The highest BCUT2D eigenvalue weighted by atomic mass is 16.6. The van der Waals surface area contributed by atoms with Crippen LogP contribution >= 0.6 is 0 Å². The summed E-state index contributed by atoms with van der Waals surface area (Å²) < 4.78 is 34.6. The molecule has 12 heteroatoms. The predicted molar refractivity (Wildman–Crippen MR) is 307 cm³/mol. The maximum absolute atomic E-state index is 13.0. The van der Waals surface area contributed by atoms with E-state index < -0.39 is 6.10 Å². The van der Waals surface area contributed by atoms with Crippen LogP contribution in [0.15, 0.2) is 0 Å². The van der Waals surface area contributed by atoms with Crippen LogP contribution < -0.4 is 0 Å². The minimum atomic E-state index is -0.828. The molecule has 0 bridgehead atoms. The Labute approximate surface area is 461 Å². The second kappa shape index (κ2) is 59.8. The Morgan fingerprint density at radius 3 is 0.773 bits per heavy atom. The quantitative estimate of drug-likeness (QED) is 0.0300. The molecule has 0 heterocycles. The molecule has 0 aromatic carbocycles. The first-order chi connectivity index (χ1) is 36.8. The number of carbonyl (C=O) groups excluding carboxylic acids is 3. The lowest BCUT2D eigenvalue weighted by Gasteiger charge is -2.18. The molecule has 0 aliphatic heterocycles. The van der Waals surface area contributed by atoms with Crippen LogP contribution in [-0.4, -0.2) is 110 Å². The fraction of sp³-hybridized carbons (Fsp3) is 0.952. The van der Waals surface area contributed by atoms with Gasteiger partial charge in [-0.1, -0.05) is 233 Å². The van der Waals surface area contributed by atoms with Crippen molar-refractivity contribution in [2.24, 2.45) is 0 Å². The number of ether oxygens (including phenoxy) is 6. The summed E-state index contributed by atoms with van der Waals surface area (Å²) in [5.41, 5.74) is 0. The van der Waals surface area contributed by atoms with Crippen LogP contribution in [0.1, 0.15) is 310 Å². The van der Waals surface area contributed by atoms with Crippen LogP contribution in [0.2, 0.25) is 0 Å². The number of hydrogen-bond donors (Lipinski definition) is 3. The number of hydrogen-bond acceptors (Lipinski definition) is 12. The van der Waals surface area contributed by atoms with Crippen molar-refractivity contribution in [2.75, 3.05) is 52.9 Å². The van der Waals surface area contributed by atoms with Crippen molar-refractivity contribution in [3.8, 4) is 0 Å². The molecule has 0 spiro atoms. The lowest BCUT2D eigenvalue weighted by Crippen LogP contribution is -2.30. The first kappa shape index (κ1) is 73.2. The van der Waals surface area contributed by atoms with Crippen LogP contribution in [-0.2, 0) is 42.8 Å². The number of aliphatic hydroxyl groups is 3. The number of rotatable bonds is 62. The van der Waals surface area contributed by atoms with E-state index in [0.29, 0.717) is 32.7 Å². The Morgan fingerprint density at radius 2 is 0.520 bits per heavy atom. The van der Waals surface area contributed by atoms with E-state index in [0.717, 1.165) is 135 Å². The molecule has 0 aliphatic carbocycles. The lowest BCUT2D eigenvalue weighted by molar-refractivity contribution is -0.167. The summed E-state index contributed by atoms with van der Waals surface area (Å²) >= 11 is 0. The van der Waals surface area contributed by atoms with Gasteiger partial charge < -0.3 is 43.7 Å². The van der Waals surface area contributed by atoms with E-state index in [-0.39, 0.29) is 75.7 Å². The summed E-state index contributed by atoms with van der Waals surface area (Å²) in [5.74, 6) is -0.989. The second-order valence-corrected chi connectivity index (χ2v) is 21.8. The monoisotopic (exact) mass is 1070 g/mol. The van der Waals surface area contributed by atoms with E-state index in [4.69, 9.17) is 28.4 Å². The van der Waals surface area contributed by atoms with Crippen LogP contribution in [0.5, 0.6) is 0 Å². The number of aliphatic hydroxyl groups excluding tert-OH is 3. The molecule has 0 saturated carbocycles. The standard InChI is InChI=1S/C63H122O12/c1-4-7-10-31-40-57(70-52-49-64)43-34-25-19-13-16-22-28-37-46-61(67)73-55-60(75-63(69)48-39-30-24-18-15-21-27-36-45-59(72-54-51-66)42-33-12-9-6-3)56-74-62(68)47-38-29-23-17-14-20-26-35-44-58(71-53-50-65)41-32-11-8-5-2/h57-60,64-66H,4-56H2,1-3H3. The van der Waals surface area contributed by atoms with Crippen LogP contribution in [0.25, 0.3) is 0 Å². The zero-order valence-electron chi connectivity index (χ0n) is 49.3. The van der Waals surface area contributed by atoms with Crippen molar-refractivity contribution in [1.29, 1.82) is 0 Å². The van der Waals surface area contributed by atoms with Crippen LogP contribution in [0, 0.1) is 0 Å². The highest BCUT2D eigenvalue weighted by molar-refractivity contribution is 5.71. The van der Waals surface area contributed by atoms with Gasteiger partial charge in [-0.05, 0) is 57.8 Å². The number of carbonyl (C=O) groups is 3. The van der Waals surface area contributed by atoms with E-state index >= 15 is 0 Å². The van der Waals surface area contributed by atoms with E-state index in [1.54, 1.807) is 0 Å². The molecule has 0 aromatic rings. The third kappa shape index (κ3) is 53.9. The first-order valence-corrected chi connectivity index (χ1v) is 32.0. The van der Waals surface area contributed by atoms with Crippen molar-refractivity contribution in [3.05, 3.63) is 0 Å². The van der Waals surface area contributed by atoms with Gasteiger partial charge in [0.25, 0.3) is 0 Å². The zero-order chi connectivity index (χ0) is 54.8. The summed E-state index contributed by atoms with van der Waals surface area (Å²) in [6, 6.07) is 0. The molecular formula is C63H122O12. The lowest BCUT2D eigenvalue weighted by atomic mass is 10.0. The predicted octanol–water partition coefficient (Wildman–Crippen LogP) is 15.7. The Kier molecular flexibility index (Phi) is 58.4. The molecule has 0 radical (unpaired) electrons. The van der Waals surface area contributed by atoms with E-state index in [1.807, 2.05) is 0 Å². The molecule has 3 atom stereocenters. The van der Waals surface area contributed by atoms with E-state index in [1.165, 1.54) is 135 Å². The number of esters is 3. The third-order valence-electron chi connectivity index (χ3n) is 14.6. The fourth-order valence-corrected chi connectivity index (χ4v) is 9.97. The van der Waals surface area contributed by atoms with Gasteiger partial charge in [-0.15, -0.1) is 0 Å². The summed E-state index contributed by atoms with van der Waals surface area (Å²) in [6.45, 7) is 7.97. The van der Waals surface area contributed by atoms with Gasteiger partial charge in [0.1, 0.15) is 13.2 Å². The zero-order valence-corrected chi connectivity index (χ0v) is 49.3. The maximum atomic E-state index is 13.0. The molecule has 75 heavy (non-hydrogen) atoms. The van der Waals surface area contributed by atoms with Gasteiger partial charge in [0, 0.05) is 19.3 Å². The highest BCUT2D eigenvalue weighted by Crippen LogP contribution is 2.21. The first-order valence-electron chi connectivity index (χ1n) is 32.0. The topological polar surface area (TPSA) is 167 Å². The second-order valence-electron chi connectivity index (χ2n) is 21.8. The molecule has 0 aromatic heterocycles. The minimum Gasteiger partial charge on any atom is -0.462 e. The van der Waals surface area contributed by atoms with Gasteiger partial charge in [0.2, 0.25) is 0 Å². The average molecular weight is 1070 g/mol. The van der Waals surface area contributed by atoms with Gasteiger partial charge in [-0.3, -0.25) is 14.4 Å². The van der Waals surface area contributed by atoms with Gasteiger partial charge in [-0.25, -0.2) is 0 Å². The van der Waals surface area contributed by atoms with Crippen molar-refractivity contribution in [1.82, 2.24) is 0 Å². The summed E-state index contributed by atoms with van der Waals surface area (Å²) in [7, 11) is 0. The normalized spacial score (nSPS) is 13.2. The van der Waals surface area contributed by atoms with Crippen LogP contribution in [0.3, 0.4) is 0 Å². The Bertz CT molecular complexity index is 1130. The average Bonchev–Trinajstić information content (AvgIpc) is 3.41. The third-order valence-corrected chi connectivity index (χ3v) is 14.6. The molecular weight excluding hydrogens is 949 g/mol. The maximum Gasteiger partial charge on any atom is 0.306 e. The Hall–Kier alpha value is -1.83. The van der Waals surface area contributed by atoms with Crippen molar-refractivity contribution in [2.45, 2.75) is 334 Å². The molecule has 3 unspecified atom stereocenters. The smallest absolute Gasteiger partial charge is 0.306 e.